The summed E-state index contributed by atoms with van der Waals surface area (Å²) in [7, 11) is 6.10. The Hall–Kier alpha value is -1.64. The Morgan fingerprint density at radius 3 is 2.17 bits per heavy atom. The maximum atomic E-state index is 4.53. The Kier molecular flexibility index (Phi) is 9.90. The molecule has 2 aromatic rings. The highest BCUT2D eigenvalue weighted by Gasteiger charge is 2.19. The molecule has 0 aromatic heterocycles. The summed E-state index contributed by atoms with van der Waals surface area (Å²) in [5, 5.41) is 3.57. The molecule has 1 saturated heterocycles. The third-order valence-electron chi connectivity index (χ3n) is 5.17. The highest BCUT2D eigenvalue weighted by atomic mass is 127. The maximum Gasteiger partial charge on any atom is 0.194 e. The first-order chi connectivity index (χ1) is 13.7. The Morgan fingerprint density at radius 1 is 0.931 bits per heavy atom. The zero-order valence-corrected chi connectivity index (χ0v) is 20.2. The molecule has 0 saturated carbocycles. The van der Waals surface area contributed by atoms with E-state index in [0.29, 0.717) is 0 Å². The number of hydrogen-bond acceptors (Lipinski definition) is 3. The maximum absolute atomic E-state index is 4.53. The largest absolute Gasteiger partial charge is 0.352 e. The third-order valence-corrected chi connectivity index (χ3v) is 5.17. The molecule has 0 unspecified atom stereocenters. The van der Waals surface area contributed by atoms with Gasteiger partial charge in [-0.2, -0.15) is 0 Å². The highest BCUT2D eigenvalue weighted by Crippen LogP contribution is 2.12. The van der Waals surface area contributed by atoms with E-state index in [2.05, 4.69) is 93.7 Å². The lowest BCUT2D eigenvalue weighted by Gasteiger charge is -2.36. The molecule has 29 heavy (non-hydrogen) atoms. The van der Waals surface area contributed by atoms with E-state index < -0.39 is 0 Å². The van der Waals surface area contributed by atoms with Crippen molar-refractivity contribution < 1.29 is 0 Å². The van der Waals surface area contributed by atoms with Gasteiger partial charge in [-0.05, 0) is 30.8 Å². The molecule has 0 bridgehead atoms. The van der Waals surface area contributed by atoms with E-state index in [4.69, 9.17) is 0 Å². The lowest BCUT2D eigenvalue weighted by molar-refractivity contribution is 0.172. The molecule has 0 aliphatic carbocycles. The Morgan fingerprint density at radius 2 is 1.55 bits per heavy atom. The van der Waals surface area contributed by atoms with Crippen LogP contribution in [0.1, 0.15) is 16.7 Å². The second kappa shape index (κ2) is 12.1. The van der Waals surface area contributed by atoms with Crippen molar-refractivity contribution in [3.63, 3.8) is 0 Å². The molecule has 1 aliphatic rings. The summed E-state index contributed by atoms with van der Waals surface area (Å²) in [6, 6.07) is 19.4. The first kappa shape index (κ1) is 23.6. The SMILES string of the molecule is CN=C(NCc1ccccc1CN(C)C)N1CCN(Cc2ccccc2)CC1.I. The van der Waals surface area contributed by atoms with E-state index in [0.717, 1.165) is 51.8 Å². The lowest BCUT2D eigenvalue weighted by Crippen LogP contribution is -2.52. The normalized spacial score (nSPS) is 15.3. The van der Waals surface area contributed by atoms with E-state index in [9.17, 15) is 0 Å². The van der Waals surface area contributed by atoms with Crippen molar-refractivity contribution in [2.75, 3.05) is 47.3 Å². The molecule has 6 heteroatoms. The molecule has 158 valence electrons. The zero-order chi connectivity index (χ0) is 19.8. The van der Waals surface area contributed by atoms with Gasteiger partial charge in [-0.1, -0.05) is 54.6 Å². The highest BCUT2D eigenvalue weighted by molar-refractivity contribution is 14.0. The van der Waals surface area contributed by atoms with Crippen LogP contribution in [0.15, 0.2) is 59.6 Å². The summed E-state index contributed by atoms with van der Waals surface area (Å²) in [6.45, 7) is 6.92. The average Bonchev–Trinajstić information content (AvgIpc) is 2.71. The fraction of sp³-hybridized carbons (Fsp3) is 0.435. The van der Waals surface area contributed by atoms with E-state index in [1.54, 1.807) is 0 Å². The van der Waals surface area contributed by atoms with Crippen LogP contribution >= 0.6 is 24.0 Å². The van der Waals surface area contributed by atoms with Gasteiger partial charge in [0.05, 0.1) is 0 Å². The number of benzene rings is 2. The molecule has 0 radical (unpaired) electrons. The number of piperazine rings is 1. The monoisotopic (exact) mass is 507 g/mol. The summed E-state index contributed by atoms with van der Waals surface area (Å²) in [5.41, 5.74) is 4.08. The number of halogens is 1. The molecule has 0 amide bonds. The van der Waals surface area contributed by atoms with Crippen LogP contribution in [0.3, 0.4) is 0 Å². The van der Waals surface area contributed by atoms with E-state index in [1.165, 1.54) is 16.7 Å². The summed E-state index contributed by atoms with van der Waals surface area (Å²) in [4.78, 5) is 11.6. The van der Waals surface area contributed by atoms with Gasteiger partial charge in [0.1, 0.15) is 0 Å². The third kappa shape index (κ3) is 7.28. The summed E-state index contributed by atoms with van der Waals surface area (Å²) in [5.74, 6) is 0.999. The summed E-state index contributed by atoms with van der Waals surface area (Å²) >= 11 is 0. The van der Waals surface area contributed by atoms with Crippen LogP contribution in [0.2, 0.25) is 0 Å². The molecule has 1 heterocycles. The lowest BCUT2D eigenvalue weighted by atomic mass is 10.1. The van der Waals surface area contributed by atoms with Crippen molar-refractivity contribution in [3.8, 4) is 0 Å². The molecule has 0 atom stereocenters. The van der Waals surface area contributed by atoms with Crippen molar-refractivity contribution in [2.45, 2.75) is 19.6 Å². The predicted molar refractivity (Wildman–Crippen MR) is 133 cm³/mol. The Balaban J connectivity index is 0.00000300. The molecule has 1 aliphatic heterocycles. The molecule has 1 fully saturated rings. The average molecular weight is 507 g/mol. The van der Waals surface area contributed by atoms with Crippen LogP contribution in [0.25, 0.3) is 0 Å². The summed E-state index contributed by atoms with van der Waals surface area (Å²) in [6.07, 6.45) is 0. The van der Waals surface area contributed by atoms with Crippen LogP contribution in [-0.2, 0) is 19.6 Å². The van der Waals surface area contributed by atoms with Gasteiger partial charge in [0.2, 0.25) is 0 Å². The smallest absolute Gasteiger partial charge is 0.194 e. The molecule has 0 spiro atoms. The van der Waals surface area contributed by atoms with Crippen LogP contribution < -0.4 is 5.32 Å². The minimum Gasteiger partial charge on any atom is -0.352 e. The van der Waals surface area contributed by atoms with Gasteiger partial charge in [0.15, 0.2) is 5.96 Å². The van der Waals surface area contributed by atoms with Gasteiger partial charge in [-0.15, -0.1) is 24.0 Å². The molecular weight excluding hydrogens is 473 g/mol. The zero-order valence-electron chi connectivity index (χ0n) is 17.8. The number of aliphatic imine (C=N–C) groups is 1. The van der Waals surface area contributed by atoms with Gasteiger partial charge >= 0.3 is 0 Å². The standard InChI is InChI=1S/C23H33N5.HI/c1-24-23(25-17-21-11-7-8-12-22(21)19-26(2)3)28-15-13-27(14-16-28)18-20-9-5-4-6-10-20;/h4-12H,13-19H2,1-3H3,(H,24,25);1H. The quantitative estimate of drug-likeness (QED) is 0.370. The van der Waals surface area contributed by atoms with Crippen molar-refractivity contribution in [1.82, 2.24) is 20.0 Å². The molecule has 2 aromatic carbocycles. The van der Waals surface area contributed by atoms with Crippen molar-refractivity contribution >= 4 is 29.9 Å². The van der Waals surface area contributed by atoms with Crippen molar-refractivity contribution in [2.24, 2.45) is 4.99 Å². The van der Waals surface area contributed by atoms with Crippen LogP contribution in [0.4, 0.5) is 0 Å². The molecule has 1 N–H and O–H groups in total. The minimum absolute atomic E-state index is 0. The van der Waals surface area contributed by atoms with Crippen molar-refractivity contribution in [3.05, 3.63) is 71.3 Å². The minimum atomic E-state index is 0. The first-order valence-electron chi connectivity index (χ1n) is 10.1. The van der Waals surface area contributed by atoms with Gasteiger partial charge in [0, 0.05) is 52.9 Å². The predicted octanol–water partition coefficient (Wildman–Crippen LogP) is 3.26. The second-order valence-electron chi connectivity index (χ2n) is 7.66. The number of nitrogens with zero attached hydrogens (tertiary/aromatic N) is 4. The van der Waals surface area contributed by atoms with E-state index >= 15 is 0 Å². The van der Waals surface area contributed by atoms with Gasteiger partial charge in [-0.3, -0.25) is 9.89 Å². The van der Waals surface area contributed by atoms with Crippen LogP contribution in [0.5, 0.6) is 0 Å². The molecular formula is C23H34IN5. The van der Waals surface area contributed by atoms with Gasteiger partial charge < -0.3 is 15.1 Å². The first-order valence-corrected chi connectivity index (χ1v) is 10.1. The van der Waals surface area contributed by atoms with Crippen molar-refractivity contribution in [1.29, 1.82) is 0 Å². The van der Waals surface area contributed by atoms with Crippen LogP contribution in [0, 0.1) is 0 Å². The second-order valence-corrected chi connectivity index (χ2v) is 7.66. The molecule has 5 nitrogen and oxygen atoms in total. The molecule has 3 rings (SSSR count). The van der Waals surface area contributed by atoms with E-state index in [1.807, 2.05) is 7.05 Å². The number of guanidine groups is 1. The number of rotatable bonds is 6. The number of hydrogen-bond donors (Lipinski definition) is 1. The van der Waals surface area contributed by atoms with Gasteiger partial charge in [0.25, 0.3) is 0 Å². The fourth-order valence-corrected chi connectivity index (χ4v) is 3.69. The Bertz CT molecular complexity index is 755. The summed E-state index contributed by atoms with van der Waals surface area (Å²) < 4.78 is 0. The van der Waals surface area contributed by atoms with Gasteiger partial charge in [-0.25, -0.2) is 0 Å². The fourth-order valence-electron chi connectivity index (χ4n) is 3.69. The van der Waals surface area contributed by atoms with E-state index in [-0.39, 0.29) is 24.0 Å². The Labute approximate surface area is 192 Å². The topological polar surface area (TPSA) is 34.1 Å². The van der Waals surface area contributed by atoms with Crippen LogP contribution in [-0.4, -0.2) is 68.0 Å². The number of nitrogens with one attached hydrogen (secondary N) is 1.